The van der Waals surface area contributed by atoms with Crippen molar-refractivity contribution in [3.8, 4) is 0 Å². The number of hydrogen-bond acceptors (Lipinski definition) is 1. The van der Waals surface area contributed by atoms with Crippen molar-refractivity contribution >= 4 is 21.7 Å². The molecule has 4 fully saturated rings. The highest BCUT2D eigenvalue weighted by Gasteiger charge is 2.83. The van der Waals surface area contributed by atoms with Crippen molar-refractivity contribution in [1.29, 1.82) is 0 Å². The number of ketones is 1. The van der Waals surface area contributed by atoms with Crippen LogP contribution in [0.4, 0.5) is 0 Å². The van der Waals surface area contributed by atoms with Gasteiger partial charge in [0.2, 0.25) is 0 Å². The van der Waals surface area contributed by atoms with Gasteiger partial charge in [0.15, 0.2) is 0 Å². The van der Waals surface area contributed by atoms with Gasteiger partial charge in [-0.3, -0.25) is 4.79 Å². The molecule has 66 valence electrons. The Morgan fingerprint density at radius 1 is 1.58 bits per heavy atom. The molecule has 0 radical (unpaired) electrons. The van der Waals surface area contributed by atoms with Gasteiger partial charge in [-0.2, -0.15) is 0 Å². The van der Waals surface area contributed by atoms with Crippen molar-refractivity contribution in [2.45, 2.75) is 20.3 Å². The standard InChI is InChI=1S/C10H13BrO/c1-9-3-5-6(8(9)12)7(5)10(9,2)4-11/h5-7H,3-4H2,1-2H3/t5?,6?,7-,9+,10-/m0/s1. The molecule has 4 rings (SSSR count). The van der Waals surface area contributed by atoms with Crippen LogP contribution in [-0.4, -0.2) is 11.1 Å². The van der Waals surface area contributed by atoms with Gasteiger partial charge >= 0.3 is 0 Å². The minimum absolute atomic E-state index is 0.0243. The molecule has 0 aliphatic heterocycles. The molecule has 0 saturated heterocycles. The van der Waals surface area contributed by atoms with E-state index in [0.29, 0.717) is 11.7 Å². The van der Waals surface area contributed by atoms with Crippen molar-refractivity contribution in [2.75, 3.05) is 5.33 Å². The summed E-state index contributed by atoms with van der Waals surface area (Å²) in [5.41, 5.74) is 0.302. The summed E-state index contributed by atoms with van der Waals surface area (Å²) >= 11 is 3.58. The number of rotatable bonds is 1. The van der Waals surface area contributed by atoms with Crippen LogP contribution in [0.15, 0.2) is 0 Å². The number of Topliss-reactive ketones (excluding diaryl/α,β-unsaturated/α-hetero) is 1. The second kappa shape index (κ2) is 1.68. The molecule has 0 heterocycles. The lowest BCUT2D eigenvalue weighted by molar-refractivity contribution is -0.127. The van der Waals surface area contributed by atoms with Gasteiger partial charge < -0.3 is 0 Å². The van der Waals surface area contributed by atoms with Gasteiger partial charge in [-0.1, -0.05) is 29.8 Å². The molecule has 4 bridgehead atoms. The van der Waals surface area contributed by atoms with Crippen LogP contribution in [0.5, 0.6) is 0 Å². The Morgan fingerprint density at radius 3 is 2.42 bits per heavy atom. The normalized spacial score (nSPS) is 65.9. The van der Waals surface area contributed by atoms with E-state index in [1.165, 1.54) is 6.42 Å². The van der Waals surface area contributed by atoms with Crippen molar-refractivity contribution in [1.82, 2.24) is 0 Å². The quantitative estimate of drug-likeness (QED) is 0.630. The van der Waals surface area contributed by atoms with Crippen molar-refractivity contribution in [3.05, 3.63) is 0 Å². The van der Waals surface area contributed by atoms with E-state index in [4.69, 9.17) is 0 Å². The summed E-state index contributed by atoms with van der Waals surface area (Å²) in [6.07, 6.45) is 1.17. The molecule has 5 atom stereocenters. The van der Waals surface area contributed by atoms with Gasteiger partial charge in [-0.05, 0) is 23.7 Å². The molecule has 0 amide bonds. The van der Waals surface area contributed by atoms with Crippen LogP contribution < -0.4 is 0 Å². The molecule has 2 heteroatoms. The highest BCUT2D eigenvalue weighted by Crippen LogP contribution is 2.81. The van der Waals surface area contributed by atoms with Crippen LogP contribution in [0, 0.1) is 28.6 Å². The van der Waals surface area contributed by atoms with Crippen molar-refractivity contribution < 1.29 is 4.79 Å². The minimum Gasteiger partial charge on any atom is -0.299 e. The Bertz CT molecular complexity index is 288. The first-order valence-corrected chi connectivity index (χ1v) is 5.79. The van der Waals surface area contributed by atoms with Gasteiger partial charge in [0.25, 0.3) is 0 Å². The fraction of sp³-hybridized carbons (Fsp3) is 0.900. The van der Waals surface area contributed by atoms with Gasteiger partial charge in [-0.25, -0.2) is 0 Å². The Morgan fingerprint density at radius 2 is 2.25 bits per heavy atom. The zero-order valence-electron chi connectivity index (χ0n) is 7.43. The van der Waals surface area contributed by atoms with E-state index in [-0.39, 0.29) is 10.8 Å². The molecule has 4 saturated carbocycles. The van der Waals surface area contributed by atoms with Crippen molar-refractivity contribution in [2.24, 2.45) is 28.6 Å². The average molecular weight is 229 g/mol. The van der Waals surface area contributed by atoms with Gasteiger partial charge in [0.05, 0.1) is 0 Å². The highest BCUT2D eigenvalue weighted by atomic mass is 79.9. The van der Waals surface area contributed by atoms with E-state index in [2.05, 4.69) is 29.8 Å². The molecular formula is C10H13BrO. The average Bonchev–Trinajstić information content (AvgIpc) is 2.56. The first kappa shape index (κ1) is 7.54. The summed E-state index contributed by atoms with van der Waals surface area (Å²) in [5.74, 6) is 2.54. The van der Waals surface area contributed by atoms with Crippen LogP contribution >= 0.6 is 15.9 Å². The SMILES string of the molecule is C[C@]1(CBr)[C@H]2C3C[C@]1(C)C(=O)C32. The fourth-order valence-corrected chi connectivity index (χ4v) is 4.91. The largest absolute Gasteiger partial charge is 0.299 e. The van der Waals surface area contributed by atoms with E-state index in [1.54, 1.807) is 0 Å². The van der Waals surface area contributed by atoms with Crippen molar-refractivity contribution in [3.63, 3.8) is 0 Å². The Kier molecular flexibility index (Phi) is 1.06. The first-order chi connectivity index (χ1) is 5.56. The summed E-state index contributed by atoms with van der Waals surface area (Å²) in [6.45, 7) is 4.47. The lowest BCUT2D eigenvalue weighted by Crippen LogP contribution is -2.36. The molecule has 4 aliphatic rings. The predicted molar refractivity (Wildman–Crippen MR) is 50.1 cm³/mol. The van der Waals surface area contributed by atoms with Crippen LogP contribution in [0.1, 0.15) is 20.3 Å². The number of alkyl halides is 1. The Hall–Kier alpha value is 0.150. The van der Waals surface area contributed by atoms with E-state index in [1.807, 2.05) is 0 Å². The summed E-state index contributed by atoms with van der Waals surface area (Å²) in [6, 6.07) is 0. The molecular weight excluding hydrogens is 216 g/mol. The van der Waals surface area contributed by atoms with Crippen LogP contribution in [0.3, 0.4) is 0 Å². The summed E-state index contributed by atoms with van der Waals surface area (Å²) in [5, 5.41) is 1.000. The molecule has 2 unspecified atom stereocenters. The topological polar surface area (TPSA) is 17.1 Å². The van der Waals surface area contributed by atoms with E-state index in [9.17, 15) is 4.79 Å². The number of carbonyl (C=O) groups is 1. The molecule has 0 aromatic carbocycles. The second-order valence-electron chi connectivity index (χ2n) is 5.17. The van der Waals surface area contributed by atoms with Gasteiger partial charge in [-0.15, -0.1) is 0 Å². The maximum Gasteiger partial charge on any atom is 0.143 e. The minimum atomic E-state index is 0.0243. The third-order valence-corrected chi connectivity index (χ3v) is 6.10. The molecule has 0 N–H and O–H groups in total. The third-order valence-electron chi connectivity index (χ3n) is 4.93. The maximum atomic E-state index is 11.9. The van der Waals surface area contributed by atoms with Crippen LogP contribution in [-0.2, 0) is 4.79 Å². The molecule has 12 heavy (non-hydrogen) atoms. The summed E-state index contributed by atoms with van der Waals surface area (Å²) in [4.78, 5) is 11.9. The zero-order valence-corrected chi connectivity index (χ0v) is 9.02. The van der Waals surface area contributed by atoms with Crippen LogP contribution in [0.2, 0.25) is 0 Å². The zero-order chi connectivity index (χ0) is 8.72. The van der Waals surface area contributed by atoms with Crippen LogP contribution in [0.25, 0.3) is 0 Å². The fourth-order valence-electron chi connectivity index (χ4n) is 3.91. The number of hydrogen-bond donors (Lipinski definition) is 0. The summed E-state index contributed by atoms with van der Waals surface area (Å²) in [7, 11) is 0. The highest BCUT2D eigenvalue weighted by molar-refractivity contribution is 9.09. The monoisotopic (exact) mass is 228 g/mol. The first-order valence-electron chi connectivity index (χ1n) is 4.66. The molecule has 0 aromatic rings. The van der Waals surface area contributed by atoms with E-state index >= 15 is 0 Å². The Balaban J connectivity index is 2.17. The molecule has 1 nitrogen and oxygen atoms in total. The number of carbonyl (C=O) groups excluding carboxylic acids is 1. The van der Waals surface area contributed by atoms with E-state index in [0.717, 1.165) is 17.2 Å². The lowest BCUT2D eigenvalue weighted by atomic mass is 9.70. The third kappa shape index (κ3) is 0.456. The number of halogens is 1. The molecule has 0 spiro atoms. The van der Waals surface area contributed by atoms with Gasteiger partial charge in [0, 0.05) is 16.7 Å². The van der Waals surface area contributed by atoms with E-state index < -0.39 is 0 Å². The molecule has 0 aromatic heterocycles. The van der Waals surface area contributed by atoms with Gasteiger partial charge in [0.1, 0.15) is 5.78 Å². The lowest BCUT2D eigenvalue weighted by Gasteiger charge is -2.34. The maximum absolute atomic E-state index is 11.9. The molecule has 4 aliphatic carbocycles. The predicted octanol–water partition coefficient (Wildman–Crippen LogP) is 2.24. The second-order valence-corrected chi connectivity index (χ2v) is 5.73. The smallest absolute Gasteiger partial charge is 0.143 e. The Labute approximate surface area is 81.0 Å². The summed E-state index contributed by atoms with van der Waals surface area (Å²) < 4.78 is 0.